The Bertz CT molecular complexity index is 794. The molecule has 1 atom stereocenters. The van der Waals surface area contributed by atoms with Crippen molar-refractivity contribution in [3.8, 4) is 0 Å². The highest BCUT2D eigenvalue weighted by Crippen LogP contribution is 2.21. The molecule has 0 radical (unpaired) electrons. The zero-order valence-corrected chi connectivity index (χ0v) is 18.1. The summed E-state index contributed by atoms with van der Waals surface area (Å²) >= 11 is 1.62. The lowest BCUT2D eigenvalue weighted by molar-refractivity contribution is -0.141. The number of benzene rings is 2. The Morgan fingerprint density at radius 2 is 1.72 bits per heavy atom. The molecule has 0 saturated carbocycles. The van der Waals surface area contributed by atoms with E-state index in [0.717, 1.165) is 10.5 Å². The minimum Gasteiger partial charge on any atom is -0.355 e. The van der Waals surface area contributed by atoms with Crippen LogP contribution in [0.15, 0.2) is 53.4 Å². The molecule has 156 valence electrons. The summed E-state index contributed by atoms with van der Waals surface area (Å²) in [6.45, 7) is 6.58. The van der Waals surface area contributed by atoms with Crippen LogP contribution in [0, 0.1) is 12.7 Å². The normalized spacial score (nSPS) is 11.7. The molecule has 1 unspecified atom stereocenters. The minimum atomic E-state index is -0.545. The maximum Gasteiger partial charge on any atom is 0.242 e. The van der Waals surface area contributed by atoms with Crippen molar-refractivity contribution in [2.75, 3.05) is 12.3 Å². The van der Waals surface area contributed by atoms with Gasteiger partial charge in [0.15, 0.2) is 0 Å². The van der Waals surface area contributed by atoms with E-state index in [2.05, 4.69) is 5.32 Å². The zero-order valence-electron chi connectivity index (χ0n) is 17.3. The van der Waals surface area contributed by atoms with Gasteiger partial charge in [-0.05, 0) is 50.1 Å². The zero-order chi connectivity index (χ0) is 21.2. The number of nitrogens with one attached hydrogen (secondary N) is 1. The van der Waals surface area contributed by atoms with Crippen LogP contribution in [0.4, 0.5) is 4.39 Å². The highest BCUT2D eigenvalue weighted by Gasteiger charge is 2.28. The molecule has 0 bridgehead atoms. The van der Waals surface area contributed by atoms with Gasteiger partial charge in [0.2, 0.25) is 11.8 Å². The summed E-state index contributed by atoms with van der Waals surface area (Å²) in [6, 6.07) is 13.7. The summed E-state index contributed by atoms with van der Waals surface area (Å²) in [5.41, 5.74) is 2.00. The number of nitrogens with zero attached hydrogens (tertiary/aromatic N) is 1. The Morgan fingerprint density at radius 3 is 2.31 bits per heavy atom. The van der Waals surface area contributed by atoms with Gasteiger partial charge in [-0.3, -0.25) is 9.59 Å². The van der Waals surface area contributed by atoms with Crippen LogP contribution in [0.2, 0.25) is 0 Å². The molecule has 0 fully saturated rings. The summed E-state index contributed by atoms with van der Waals surface area (Å²) < 4.78 is 13.2. The molecule has 2 amide bonds. The highest BCUT2D eigenvalue weighted by atomic mass is 32.2. The van der Waals surface area contributed by atoms with Crippen LogP contribution in [0.25, 0.3) is 0 Å². The number of rotatable bonds is 10. The van der Waals surface area contributed by atoms with E-state index >= 15 is 0 Å². The van der Waals surface area contributed by atoms with Crippen molar-refractivity contribution >= 4 is 23.6 Å². The first-order chi connectivity index (χ1) is 13.9. The topological polar surface area (TPSA) is 49.4 Å². The van der Waals surface area contributed by atoms with Crippen LogP contribution in [0.1, 0.15) is 37.8 Å². The lowest BCUT2D eigenvalue weighted by Gasteiger charge is -2.30. The van der Waals surface area contributed by atoms with Gasteiger partial charge in [0.1, 0.15) is 11.9 Å². The number of likely N-dealkylation sites (N-methyl/N-ethyl adjacent to an activating group) is 1. The quantitative estimate of drug-likeness (QED) is 0.578. The van der Waals surface area contributed by atoms with Crippen LogP contribution in [-0.4, -0.2) is 35.1 Å². The average Bonchev–Trinajstić information content (AvgIpc) is 2.71. The second-order valence-electron chi connectivity index (χ2n) is 6.88. The molecule has 0 aliphatic rings. The third kappa shape index (κ3) is 7.20. The van der Waals surface area contributed by atoms with E-state index in [1.165, 1.54) is 17.7 Å². The van der Waals surface area contributed by atoms with E-state index in [-0.39, 0.29) is 24.2 Å². The molecular weight excluding hydrogens is 387 g/mol. The molecule has 6 heteroatoms. The van der Waals surface area contributed by atoms with Crippen molar-refractivity contribution < 1.29 is 14.0 Å². The summed E-state index contributed by atoms with van der Waals surface area (Å²) in [5.74, 6) is 0.0776. The van der Waals surface area contributed by atoms with E-state index in [1.807, 2.05) is 45.0 Å². The lowest BCUT2D eigenvalue weighted by atomic mass is 10.1. The fourth-order valence-electron chi connectivity index (χ4n) is 3.03. The third-order valence-corrected chi connectivity index (χ3v) is 5.62. The van der Waals surface area contributed by atoms with Gasteiger partial charge in [-0.2, -0.15) is 0 Å². The smallest absolute Gasteiger partial charge is 0.242 e. The van der Waals surface area contributed by atoms with E-state index in [1.54, 1.807) is 28.8 Å². The number of aryl methyl sites for hydroxylation is 1. The largest absolute Gasteiger partial charge is 0.355 e. The van der Waals surface area contributed by atoms with Gasteiger partial charge < -0.3 is 10.2 Å². The molecule has 0 aliphatic heterocycles. The predicted octanol–water partition coefficient (Wildman–Crippen LogP) is 4.56. The monoisotopic (exact) mass is 416 g/mol. The van der Waals surface area contributed by atoms with Gasteiger partial charge in [0, 0.05) is 30.2 Å². The van der Waals surface area contributed by atoms with Crippen LogP contribution < -0.4 is 5.32 Å². The Morgan fingerprint density at radius 1 is 1.07 bits per heavy atom. The van der Waals surface area contributed by atoms with Crippen molar-refractivity contribution in [2.45, 2.75) is 51.1 Å². The first-order valence-electron chi connectivity index (χ1n) is 9.95. The molecule has 0 spiro atoms. The molecule has 2 aromatic carbocycles. The summed E-state index contributed by atoms with van der Waals surface area (Å²) in [5, 5.41) is 2.82. The Hall–Kier alpha value is -2.34. The summed E-state index contributed by atoms with van der Waals surface area (Å²) in [7, 11) is 0. The molecule has 0 aromatic heterocycles. The third-order valence-electron chi connectivity index (χ3n) is 4.61. The summed E-state index contributed by atoms with van der Waals surface area (Å²) in [4.78, 5) is 28.3. The Kier molecular flexibility index (Phi) is 9.19. The summed E-state index contributed by atoms with van der Waals surface area (Å²) in [6.07, 6.45) is 0.847. The molecular formula is C23H29FN2O2S. The van der Waals surface area contributed by atoms with E-state index < -0.39 is 6.04 Å². The van der Waals surface area contributed by atoms with E-state index in [9.17, 15) is 14.0 Å². The number of carbonyl (C=O) groups is 2. The Labute approximate surface area is 176 Å². The minimum absolute atomic E-state index is 0.0768. The van der Waals surface area contributed by atoms with Crippen LogP contribution in [0.3, 0.4) is 0 Å². The van der Waals surface area contributed by atoms with Gasteiger partial charge in [0.25, 0.3) is 0 Å². The van der Waals surface area contributed by atoms with Crippen molar-refractivity contribution in [1.29, 1.82) is 0 Å². The average molecular weight is 417 g/mol. The van der Waals surface area contributed by atoms with Crippen LogP contribution >= 0.6 is 11.8 Å². The molecule has 4 nitrogen and oxygen atoms in total. The van der Waals surface area contributed by atoms with Crippen molar-refractivity contribution in [3.63, 3.8) is 0 Å². The first kappa shape index (κ1) is 22.9. The fourth-order valence-corrected chi connectivity index (χ4v) is 3.87. The molecule has 1 N–H and O–H groups in total. The van der Waals surface area contributed by atoms with Gasteiger partial charge in [-0.15, -0.1) is 11.8 Å². The number of hydrogen-bond donors (Lipinski definition) is 1. The maximum atomic E-state index is 13.2. The number of halogens is 1. The molecule has 0 aliphatic carbocycles. The van der Waals surface area contributed by atoms with Gasteiger partial charge in [-0.25, -0.2) is 4.39 Å². The molecule has 0 saturated heterocycles. The second kappa shape index (κ2) is 11.6. The second-order valence-corrected chi connectivity index (χ2v) is 8.05. The Balaban J connectivity index is 2.08. The van der Waals surface area contributed by atoms with Crippen molar-refractivity contribution in [2.24, 2.45) is 0 Å². The molecule has 29 heavy (non-hydrogen) atoms. The predicted molar refractivity (Wildman–Crippen MR) is 116 cm³/mol. The van der Waals surface area contributed by atoms with Crippen molar-refractivity contribution in [3.05, 3.63) is 65.5 Å². The SMILES string of the molecule is CCNC(=O)C(CC)N(Cc1ccc(F)cc1)C(=O)CCSc1ccc(C)cc1. The fraction of sp³-hybridized carbons (Fsp3) is 0.391. The van der Waals surface area contributed by atoms with Gasteiger partial charge in [0.05, 0.1) is 0 Å². The highest BCUT2D eigenvalue weighted by molar-refractivity contribution is 7.99. The molecule has 2 rings (SSSR count). The van der Waals surface area contributed by atoms with E-state index in [4.69, 9.17) is 0 Å². The van der Waals surface area contributed by atoms with Crippen LogP contribution in [0.5, 0.6) is 0 Å². The maximum absolute atomic E-state index is 13.2. The van der Waals surface area contributed by atoms with Gasteiger partial charge in [-0.1, -0.05) is 36.8 Å². The number of hydrogen-bond acceptors (Lipinski definition) is 3. The van der Waals surface area contributed by atoms with Crippen molar-refractivity contribution in [1.82, 2.24) is 10.2 Å². The van der Waals surface area contributed by atoms with E-state index in [0.29, 0.717) is 25.1 Å². The van der Waals surface area contributed by atoms with Gasteiger partial charge >= 0.3 is 0 Å². The standard InChI is InChI=1S/C23H29FN2O2S/c1-4-21(23(28)25-5-2)26(16-18-8-10-19(24)11-9-18)22(27)14-15-29-20-12-6-17(3)7-13-20/h6-13,21H,4-5,14-16H2,1-3H3,(H,25,28). The first-order valence-corrected chi connectivity index (χ1v) is 10.9. The number of carbonyl (C=O) groups excluding carboxylic acids is 2. The molecule has 2 aromatic rings. The lowest BCUT2D eigenvalue weighted by Crippen LogP contribution is -2.49. The number of thioether (sulfide) groups is 1. The van der Waals surface area contributed by atoms with Crippen LogP contribution in [-0.2, 0) is 16.1 Å². The number of amides is 2. The molecule has 0 heterocycles.